The van der Waals surface area contributed by atoms with Crippen LogP contribution in [0.15, 0.2) is 13.6 Å². The fourth-order valence-electron chi connectivity index (χ4n) is 1.15. The molecule has 2 nitrogen and oxygen atoms in total. The van der Waals surface area contributed by atoms with Gasteiger partial charge in [-0.25, -0.2) is 0 Å². The van der Waals surface area contributed by atoms with Gasteiger partial charge in [0.15, 0.2) is 0 Å². The van der Waals surface area contributed by atoms with Gasteiger partial charge in [0.1, 0.15) is 0 Å². The summed E-state index contributed by atoms with van der Waals surface area (Å²) in [6.07, 6.45) is 0. The molecule has 0 saturated heterocycles. The highest BCUT2D eigenvalue weighted by Crippen LogP contribution is 2.35. The molecule has 0 saturated carbocycles. The molecule has 0 radical (unpaired) electrons. The molecule has 0 fully saturated rings. The summed E-state index contributed by atoms with van der Waals surface area (Å²) in [4.78, 5) is 0. The van der Waals surface area contributed by atoms with Crippen LogP contribution in [0.5, 0.6) is 0 Å². The summed E-state index contributed by atoms with van der Waals surface area (Å²) in [7, 11) is 1.95. The number of ether oxygens (including phenoxy) is 1. The van der Waals surface area contributed by atoms with Crippen molar-refractivity contribution >= 4 is 43.2 Å². The van der Waals surface area contributed by atoms with Crippen molar-refractivity contribution < 1.29 is 4.74 Å². The molecule has 5 heteroatoms. The number of likely N-dealkylation sites (N-methyl/N-ethyl adjacent to an activating group) is 1. The number of nitrogens with one attached hydrogen (secondary N) is 1. The van der Waals surface area contributed by atoms with Gasteiger partial charge in [0.25, 0.3) is 0 Å². The zero-order valence-corrected chi connectivity index (χ0v) is 12.1. The molecule has 0 aliphatic carbocycles. The molecule has 1 N–H and O–H groups in total. The van der Waals surface area contributed by atoms with E-state index in [1.807, 2.05) is 14.0 Å². The van der Waals surface area contributed by atoms with Crippen LogP contribution in [0, 0.1) is 0 Å². The van der Waals surface area contributed by atoms with Crippen LogP contribution in [0.3, 0.4) is 0 Å². The van der Waals surface area contributed by atoms with E-state index >= 15 is 0 Å². The van der Waals surface area contributed by atoms with E-state index in [4.69, 9.17) is 4.74 Å². The number of hydrogen-bond donors (Lipinski definition) is 1. The molecule has 0 amide bonds. The average Bonchev–Trinajstić information content (AvgIpc) is 2.47. The van der Waals surface area contributed by atoms with Gasteiger partial charge in [-0.05, 0) is 57.5 Å². The topological polar surface area (TPSA) is 21.3 Å². The Morgan fingerprint density at radius 3 is 2.71 bits per heavy atom. The summed E-state index contributed by atoms with van der Waals surface area (Å²) < 4.78 is 7.70. The molecule has 0 aromatic carbocycles. The van der Waals surface area contributed by atoms with Crippen LogP contribution in [-0.2, 0) is 4.74 Å². The molecule has 1 rings (SSSR count). The van der Waals surface area contributed by atoms with Gasteiger partial charge in [-0.1, -0.05) is 0 Å². The van der Waals surface area contributed by atoms with E-state index in [9.17, 15) is 0 Å². The second kappa shape index (κ2) is 6.23. The van der Waals surface area contributed by atoms with Gasteiger partial charge in [0, 0.05) is 6.61 Å². The molecule has 0 spiro atoms. The summed E-state index contributed by atoms with van der Waals surface area (Å²) >= 11 is 8.70. The summed E-state index contributed by atoms with van der Waals surface area (Å²) in [6.45, 7) is 3.46. The second-order valence-corrected chi connectivity index (χ2v) is 6.53. The predicted octanol–water partition coefficient (Wildman–Crippen LogP) is 3.57. The molecule has 0 aliphatic rings. The maximum atomic E-state index is 5.41. The first-order valence-corrected chi connectivity index (χ1v) is 6.79. The molecule has 1 aromatic rings. The van der Waals surface area contributed by atoms with Crippen LogP contribution in [0.25, 0.3) is 0 Å². The van der Waals surface area contributed by atoms with Crippen LogP contribution in [0.4, 0.5) is 0 Å². The average molecular weight is 343 g/mol. The van der Waals surface area contributed by atoms with E-state index in [1.165, 1.54) is 5.56 Å². The number of thiophene rings is 1. The Morgan fingerprint density at radius 1 is 1.57 bits per heavy atom. The van der Waals surface area contributed by atoms with Crippen molar-refractivity contribution in [2.24, 2.45) is 0 Å². The van der Waals surface area contributed by atoms with Crippen molar-refractivity contribution in [2.75, 3.05) is 20.3 Å². The lowest BCUT2D eigenvalue weighted by atomic mass is 10.2. The fraction of sp³-hybridized carbons (Fsp3) is 0.556. The Morgan fingerprint density at radius 2 is 2.29 bits per heavy atom. The van der Waals surface area contributed by atoms with Gasteiger partial charge in [-0.2, -0.15) is 0 Å². The molecule has 1 aromatic heterocycles. The first-order chi connectivity index (χ1) is 6.69. The standard InChI is InChI=1S/C9H13Br2NOS/c1-3-13-5-7(12-2)6-4-8(10)14-9(6)11/h4,7,12H,3,5H2,1-2H3. The van der Waals surface area contributed by atoms with Gasteiger partial charge in [0.05, 0.1) is 20.2 Å². The molecular formula is C9H13Br2NOS. The highest BCUT2D eigenvalue weighted by Gasteiger charge is 2.15. The largest absolute Gasteiger partial charge is 0.380 e. The van der Waals surface area contributed by atoms with E-state index in [1.54, 1.807) is 11.3 Å². The maximum Gasteiger partial charge on any atom is 0.0759 e. The van der Waals surface area contributed by atoms with Crippen LogP contribution in [0.1, 0.15) is 18.5 Å². The van der Waals surface area contributed by atoms with Gasteiger partial charge in [0.2, 0.25) is 0 Å². The number of halogens is 2. The predicted molar refractivity (Wildman–Crippen MR) is 68.0 cm³/mol. The summed E-state index contributed by atoms with van der Waals surface area (Å²) in [5.74, 6) is 0. The first-order valence-electron chi connectivity index (χ1n) is 4.38. The minimum absolute atomic E-state index is 0.256. The number of hydrogen-bond acceptors (Lipinski definition) is 3. The molecule has 1 atom stereocenters. The lowest BCUT2D eigenvalue weighted by Gasteiger charge is -2.15. The van der Waals surface area contributed by atoms with Crippen LogP contribution < -0.4 is 5.32 Å². The minimum Gasteiger partial charge on any atom is -0.380 e. The van der Waals surface area contributed by atoms with Crippen molar-refractivity contribution in [3.8, 4) is 0 Å². The molecule has 0 bridgehead atoms. The Balaban J connectivity index is 2.72. The van der Waals surface area contributed by atoms with E-state index in [0.29, 0.717) is 6.61 Å². The van der Waals surface area contributed by atoms with E-state index < -0.39 is 0 Å². The zero-order valence-electron chi connectivity index (χ0n) is 8.14. The fourth-order valence-corrected chi connectivity index (χ4v) is 4.13. The van der Waals surface area contributed by atoms with Crippen molar-refractivity contribution in [3.05, 3.63) is 19.2 Å². The van der Waals surface area contributed by atoms with Crippen LogP contribution >= 0.6 is 43.2 Å². The molecule has 1 heterocycles. The summed E-state index contributed by atoms with van der Waals surface area (Å²) in [5.41, 5.74) is 1.25. The van der Waals surface area contributed by atoms with E-state index in [0.717, 1.165) is 14.2 Å². The van der Waals surface area contributed by atoms with Crippen LogP contribution in [-0.4, -0.2) is 20.3 Å². The van der Waals surface area contributed by atoms with Crippen molar-refractivity contribution in [2.45, 2.75) is 13.0 Å². The Labute approximate surface area is 105 Å². The highest BCUT2D eigenvalue weighted by molar-refractivity contribution is 9.12. The smallest absolute Gasteiger partial charge is 0.0759 e. The lowest BCUT2D eigenvalue weighted by Crippen LogP contribution is -2.21. The first kappa shape index (κ1) is 12.6. The monoisotopic (exact) mass is 341 g/mol. The van der Waals surface area contributed by atoms with Crippen molar-refractivity contribution in [3.63, 3.8) is 0 Å². The Kier molecular flexibility index (Phi) is 5.62. The summed E-state index contributed by atoms with van der Waals surface area (Å²) in [5, 5.41) is 3.24. The SMILES string of the molecule is CCOCC(NC)c1cc(Br)sc1Br. The highest BCUT2D eigenvalue weighted by atomic mass is 79.9. The minimum atomic E-state index is 0.256. The molecule has 1 unspecified atom stereocenters. The third-order valence-corrected chi connectivity index (χ3v) is 4.28. The lowest BCUT2D eigenvalue weighted by molar-refractivity contribution is 0.125. The van der Waals surface area contributed by atoms with Crippen LogP contribution in [0.2, 0.25) is 0 Å². The normalized spacial score (nSPS) is 13.1. The third kappa shape index (κ3) is 3.31. The van der Waals surface area contributed by atoms with Gasteiger partial charge in [-0.3, -0.25) is 0 Å². The Bertz CT molecular complexity index is 290. The third-order valence-electron chi connectivity index (χ3n) is 1.90. The van der Waals surface area contributed by atoms with Gasteiger partial charge in [-0.15, -0.1) is 11.3 Å². The number of rotatable bonds is 5. The summed E-state index contributed by atoms with van der Waals surface area (Å²) in [6, 6.07) is 2.38. The Hall–Kier alpha value is 0.580. The van der Waals surface area contributed by atoms with Gasteiger partial charge >= 0.3 is 0 Å². The molecule has 14 heavy (non-hydrogen) atoms. The molecular weight excluding hydrogens is 330 g/mol. The second-order valence-electron chi connectivity index (χ2n) is 2.78. The molecule has 80 valence electrons. The van der Waals surface area contributed by atoms with Gasteiger partial charge < -0.3 is 10.1 Å². The zero-order chi connectivity index (χ0) is 10.6. The van der Waals surface area contributed by atoms with Crippen molar-refractivity contribution in [1.29, 1.82) is 0 Å². The van der Waals surface area contributed by atoms with Crippen molar-refractivity contribution in [1.82, 2.24) is 5.32 Å². The van der Waals surface area contributed by atoms with E-state index in [2.05, 4.69) is 43.2 Å². The molecule has 0 aliphatic heterocycles. The van der Waals surface area contributed by atoms with E-state index in [-0.39, 0.29) is 6.04 Å². The maximum absolute atomic E-state index is 5.41. The quantitative estimate of drug-likeness (QED) is 0.883.